The zero-order chi connectivity index (χ0) is 17.7. The van der Waals surface area contributed by atoms with E-state index >= 15 is 0 Å². The molecule has 0 spiro atoms. The number of amides is 1. The molecule has 128 valence electrons. The molecule has 1 aromatic carbocycles. The first kappa shape index (κ1) is 17.7. The van der Waals surface area contributed by atoms with Gasteiger partial charge in [-0.25, -0.2) is 9.78 Å². The number of benzene rings is 1. The molecule has 0 saturated carbocycles. The molecule has 0 aliphatic carbocycles. The van der Waals surface area contributed by atoms with Gasteiger partial charge in [0.1, 0.15) is 12.6 Å². The second-order valence-corrected chi connectivity index (χ2v) is 5.65. The molecular formula is C17H21N3O4. The van der Waals surface area contributed by atoms with Crippen molar-refractivity contribution in [3.05, 3.63) is 40.9 Å². The van der Waals surface area contributed by atoms with Crippen LogP contribution in [-0.4, -0.2) is 34.6 Å². The number of methoxy groups -OCH3 is 1. The minimum atomic E-state index is -0.739. The normalized spacial score (nSPS) is 13.3. The molecule has 0 fully saturated rings. The second kappa shape index (κ2) is 7.72. The zero-order valence-electron chi connectivity index (χ0n) is 14.0. The average Bonchev–Trinajstić information content (AvgIpc) is 2.61. The lowest BCUT2D eigenvalue weighted by Gasteiger charge is -2.22. The molecule has 2 rings (SSSR count). The highest BCUT2D eigenvalue weighted by atomic mass is 16.5. The van der Waals surface area contributed by atoms with Gasteiger partial charge in [0.25, 0.3) is 5.56 Å². The molecule has 1 amide bonds. The van der Waals surface area contributed by atoms with Crippen LogP contribution < -0.4 is 10.9 Å². The summed E-state index contributed by atoms with van der Waals surface area (Å²) in [7, 11) is 1.28. The summed E-state index contributed by atoms with van der Waals surface area (Å²) in [5.41, 5.74) is 0.278. The van der Waals surface area contributed by atoms with Crippen molar-refractivity contribution in [1.29, 1.82) is 0 Å². The molecule has 0 unspecified atom stereocenters. The van der Waals surface area contributed by atoms with Crippen molar-refractivity contribution in [1.82, 2.24) is 14.9 Å². The van der Waals surface area contributed by atoms with Crippen molar-refractivity contribution in [2.75, 3.05) is 7.11 Å². The molecule has 2 atom stereocenters. The van der Waals surface area contributed by atoms with Gasteiger partial charge in [-0.2, -0.15) is 0 Å². The Labute approximate surface area is 139 Å². The van der Waals surface area contributed by atoms with Crippen molar-refractivity contribution >= 4 is 22.8 Å². The predicted octanol–water partition coefficient (Wildman–Crippen LogP) is 1.10. The molecule has 0 radical (unpaired) electrons. The fraction of sp³-hybridized carbons (Fsp3) is 0.412. The summed E-state index contributed by atoms with van der Waals surface area (Å²) in [6.07, 6.45) is 2.04. The molecule has 1 N–H and O–H groups in total. The van der Waals surface area contributed by atoms with Gasteiger partial charge in [0.05, 0.1) is 24.3 Å². The van der Waals surface area contributed by atoms with Crippen LogP contribution in [0.4, 0.5) is 0 Å². The molecule has 7 heteroatoms. The van der Waals surface area contributed by atoms with Gasteiger partial charge in [-0.15, -0.1) is 0 Å². The summed E-state index contributed by atoms with van der Waals surface area (Å²) in [5.74, 6) is -1.01. The molecular weight excluding hydrogens is 310 g/mol. The summed E-state index contributed by atoms with van der Waals surface area (Å²) in [4.78, 5) is 40.6. The van der Waals surface area contributed by atoms with Crippen LogP contribution in [0.5, 0.6) is 0 Å². The van der Waals surface area contributed by atoms with Crippen molar-refractivity contribution in [3.63, 3.8) is 0 Å². The van der Waals surface area contributed by atoms with Gasteiger partial charge in [0.15, 0.2) is 0 Å². The van der Waals surface area contributed by atoms with E-state index in [1.165, 1.54) is 18.0 Å². The third-order valence-corrected chi connectivity index (χ3v) is 4.03. The van der Waals surface area contributed by atoms with E-state index in [9.17, 15) is 14.4 Å². The highest BCUT2D eigenvalue weighted by molar-refractivity contribution is 5.84. The largest absolute Gasteiger partial charge is 0.467 e. The minimum absolute atomic E-state index is 0.0761. The summed E-state index contributed by atoms with van der Waals surface area (Å²) < 4.78 is 5.96. The van der Waals surface area contributed by atoms with Crippen molar-refractivity contribution in [2.24, 2.45) is 5.92 Å². The Morgan fingerprint density at radius 2 is 2.04 bits per heavy atom. The van der Waals surface area contributed by atoms with E-state index in [1.54, 1.807) is 24.3 Å². The van der Waals surface area contributed by atoms with Gasteiger partial charge in [0, 0.05) is 0 Å². The first-order valence-corrected chi connectivity index (χ1v) is 7.79. The van der Waals surface area contributed by atoms with Crippen molar-refractivity contribution < 1.29 is 14.3 Å². The number of carbonyl (C=O) groups excluding carboxylic acids is 2. The van der Waals surface area contributed by atoms with Crippen LogP contribution in [0.2, 0.25) is 0 Å². The third-order valence-electron chi connectivity index (χ3n) is 4.03. The molecule has 0 aliphatic rings. The standard InChI is InChI=1S/C17H21N3O4/c1-4-11(2)15(17(23)24-3)19-14(21)9-20-10-18-13-8-6-5-7-12(13)16(20)22/h5-8,10-11,15H,4,9H2,1-3H3,(H,19,21)/t11-,15-/m1/s1. The van der Waals surface area contributed by atoms with E-state index in [0.29, 0.717) is 17.3 Å². The number of hydrogen-bond acceptors (Lipinski definition) is 5. The van der Waals surface area contributed by atoms with Crippen molar-refractivity contribution in [3.8, 4) is 0 Å². The number of nitrogens with zero attached hydrogens (tertiary/aromatic N) is 2. The molecule has 7 nitrogen and oxygen atoms in total. The Kier molecular flexibility index (Phi) is 5.68. The van der Waals surface area contributed by atoms with Crippen LogP contribution in [0.3, 0.4) is 0 Å². The summed E-state index contributed by atoms with van der Waals surface area (Å²) in [6, 6.07) is 6.19. The topological polar surface area (TPSA) is 90.3 Å². The first-order chi connectivity index (χ1) is 11.5. The molecule has 0 aliphatic heterocycles. The zero-order valence-corrected chi connectivity index (χ0v) is 14.0. The number of para-hydroxylation sites is 1. The predicted molar refractivity (Wildman–Crippen MR) is 89.4 cm³/mol. The Balaban J connectivity index is 2.18. The van der Waals surface area contributed by atoms with Gasteiger partial charge in [-0.05, 0) is 18.1 Å². The van der Waals surface area contributed by atoms with E-state index in [4.69, 9.17) is 4.74 Å². The first-order valence-electron chi connectivity index (χ1n) is 7.79. The van der Waals surface area contributed by atoms with Crippen LogP contribution in [0.1, 0.15) is 20.3 Å². The van der Waals surface area contributed by atoms with Gasteiger partial charge >= 0.3 is 5.97 Å². The van der Waals surface area contributed by atoms with E-state index in [-0.39, 0.29) is 18.0 Å². The number of rotatable bonds is 6. The average molecular weight is 331 g/mol. The Hall–Kier alpha value is -2.70. The highest BCUT2D eigenvalue weighted by Gasteiger charge is 2.26. The monoisotopic (exact) mass is 331 g/mol. The van der Waals surface area contributed by atoms with Crippen molar-refractivity contribution in [2.45, 2.75) is 32.9 Å². The van der Waals surface area contributed by atoms with Crippen LogP contribution in [0, 0.1) is 5.92 Å². The fourth-order valence-corrected chi connectivity index (χ4v) is 2.39. The lowest BCUT2D eigenvalue weighted by atomic mass is 9.99. The smallest absolute Gasteiger partial charge is 0.328 e. The van der Waals surface area contributed by atoms with Crippen LogP contribution >= 0.6 is 0 Å². The van der Waals surface area contributed by atoms with E-state index in [2.05, 4.69) is 10.3 Å². The summed E-state index contributed by atoms with van der Waals surface area (Å²) >= 11 is 0. The number of ether oxygens (including phenoxy) is 1. The van der Waals surface area contributed by atoms with Gasteiger partial charge in [-0.3, -0.25) is 14.2 Å². The number of carbonyl (C=O) groups is 2. The Bertz CT molecular complexity index is 800. The summed E-state index contributed by atoms with van der Waals surface area (Å²) in [6.45, 7) is 3.57. The van der Waals surface area contributed by atoms with Gasteiger partial charge < -0.3 is 10.1 Å². The van der Waals surface area contributed by atoms with E-state index in [0.717, 1.165) is 0 Å². The SMILES string of the molecule is CC[C@@H](C)[C@@H](NC(=O)Cn1cnc2ccccc2c1=O)C(=O)OC. The number of aromatic nitrogens is 2. The maximum atomic E-state index is 12.4. The molecule has 2 aromatic rings. The number of nitrogens with one attached hydrogen (secondary N) is 1. The number of esters is 1. The maximum Gasteiger partial charge on any atom is 0.328 e. The quantitative estimate of drug-likeness (QED) is 0.801. The van der Waals surface area contributed by atoms with E-state index < -0.39 is 17.9 Å². The molecule has 1 aromatic heterocycles. The van der Waals surface area contributed by atoms with Gasteiger partial charge in [0.2, 0.25) is 5.91 Å². The summed E-state index contributed by atoms with van der Waals surface area (Å²) in [5, 5.41) is 3.08. The maximum absolute atomic E-state index is 12.4. The number of hydrogen-bond donors (Lipinski definition) is 1. The molecule has 0 saturated heterocycles. The minimum Gasteiger partial charge on any atom is -0.467 e. The van der Waals surface area contributed by atoms with Crippen LogP contribution in [0.15, 0.2) is 35.4 Å². The molecule has 24 heavy (non-hydrogen) atoms. The lowest BCUT2D eigenvalue weighted by molar-refractivity contribution is -0.146. The highest BCUT2D eigenvalue weighted by Crippen LogP contribution is 2.09. The lowest BCUT2D eigenvalue weighted by Crippen LogP contribution is -2.47. The van der Waals surface area contributed by atoms with Crippen LogP contribution in [-0.2, 0) is 20.9 Å². The van der Waals surface area contributed by atoms with E-state index in [1.807, 2.05) is 13.8 Å². The third kappa shape index (κ3) is 3.79. The molecule has 1 heterocycles. The Morgan fingerprint density at radius 3 is 2.71 bits per heavy atom. The van der Waals surface area contributed by atoms with Crippen LogP contribution in [0.25, 0.3) is 10.9 Å². The Morgan fingerprint density at radius 1 is 1.33 bits per heavy atom. The van der Waals surface area contributed by atoms with Gasteiger partial charge in [-0.1, -0.05) is 32.4 Å². The second-order valence-electron chi connectivity index (χ2n) is 5.65. The fourth-order valence-electron chi connectivity index (χ4n) is 2.39. The molecule has 0 bridgehead atoms. The number of fused-ring (bicyclic) bond motifs is 1.